The van der Waals surface area contributed by atoms with Crippen LogP contribution in [-0.4, -0.2) is 27.5 Å². The molecule has 2 aromatic rings. The van der Waals surface area contributed by atoms with Gasteiger partial charge in [0, 0.05) is 13.1 Å². The Morgan fingerprint density at radius 1 is 1.35 bits per heavy atom. The lowest BCUT2D eigenvalue weighted by Crippen LogP contribution is -2.45. The van der Waals surface area contributed by atoms with Crippen LogP contribution in [0.5, 0.6) is 0 Å². The Kier molecular flexibility index (Phi) is 3.87. The summed E-state index contributed by atoms with van der Waals surface area (Å²) < 4.78 is 4.31. The van der Waals surface area contributed by atoms with Crippen molar-refractivity contribution >= 4 is 11.5 Å². The largest absolute Gasteiger partial charge is 0.383 e. The summed E-state index contributed by atoms with van der Waals surface area (Å²) >= 11 is 1.44. The highest BCUT2D eigenvalue weighted by Crippen LogP contribution is 2.34. The lowest BCUT2D eigenvalue weighted by Gasteiger charge is -2.38. The molecule has 1 saturated heterocycles. The van der Waals surface area contributed by atoms with E-state index in [0.29, 0.717) is 6.54 Å². The predicted molar refractivity (Wildman–Crippen MR) is 81.7 cm³/mol. The average Bonchev–Trinajstić information content (AvgIpc) is 2.88. The first kappa shape index (κ1) is 13.7. The van der Waals surface area contributed by atoms with E-state index in [1.54, 1.807) is 0 Å². The van der Waals surface area contributed by atoms with Crippen molar-refractivity contribution in [3.63, 3.8) is 0 Å². The van der Waals surface area contributed by atoms with Gasteiger partial charge in [0.1, 0.15) is 5.60 Å². The second-order valence-electron chi connectivity index (χ2n) is 5.66. The second-order valence-corrected chi connectivity index (χ2v) is 6.47. The molecule has 3 rings (SSSR count). The molecule has 20 heavy (non-hydrogen) atoms. The first-order valence-corrected chi connectivity index (χ1v) is 7.85. The van der Waals surface area contributed by atoms with Crippen LogP contribution in [-0.2, 0) is 12.1 Å². The summed E-state index contributed by atoms with van der Waals surface area (Å²) in [7, 11) is 0. The third-order valence-corrected chi connectivity index (χ3v) is 4.96. The molecular formula is C16H20N2OS. The van der Waals surface area contributed by atoms with E-state index in [1.165, 1.54) is 17.1 Å². The van der Waals surface area contributed by atoms with Crippen molar-refractivity contribution < 1.29 is 5.11 Å². The highest BCUT2D eigenvalue weighted by Gasteiger charge is 2.36. The van der Waals surface area contributed by atoms with Gasteiger partial charge in [-0.1, -0.05) is 30.3 Å². The molecule has 1 atom stereocenters. The van der Waals surface area contributed by atoms with Crippen LogP contribution in [0.3, 0.4) is 0 Å². The lowest BCUT2D eigenvalue weighted by molar-refractivity contribution is -0.0353. The van der Waals surface area contributed by atoms with Gasteiger partial charge in [0.25, 0.3) is 0 Å². The van der Waals surface area contributed by atoms with Gasteiger partial charge >= 0.3 is 0 Å². The minimum absolute atomic E-state index is 0.698. The van der Waals surface area contributed by atoms with Crippen molar-refractivity contribution in [2.75, 3.05) is 13.1 Å². The van der Waals surface area contributed by atoms with Crippen LogP contribution in [0.2, 0.25) is 0 Å². The summed E-state index contributed by atoms with van der Waals surface area (Å²) in [5, 5.41) is 10.9. The van der Waals surface area contributed by atoms with E-state index in [2.05, 4.69) is 33.5 Å². The monoisotopic (exact) mass is 288 g/mol. The van der Waals surface area contributed by atoms with Crippen LogP contribution in [0.25, 0.3) is 0 Å². The van der Waals surface area contributed by atoms with Crippen molar-refractivity contribution in [3.8, 4) is 0 Å². The fraction of sp³-hybridized carbons (Fsp3) is 0.438. The van der Waals surface area contributed by atoms with Crippen LogP contribution in [0.15, 0.2) is 36.4 Å². The minimum atomic E-state index is -0.723. The molecule has 1 aromatic heterocycles. The van der Waals surface area contributed by atoms with Gasteiger partial charge in [-0.3, -0.25) is 4.90 Å². The van der Waals surface area contributed by atoms with E-state index in [0.717, 1.165) is 36.5 Å². The zero-order valence-electron chi connectivity index (χ0n) is 11.7. The van der Waals surface area contributed by atoms with Crippen LogP contribution in [0.4, 0.5) is 0 Å². The lowest BCUT2D eigenvalue weighted by atomic mass is 9.91. The molecule has 1 N–H and O–H groups in total. The number of hydrogen-bond acceptors (Lipinski definition) is 4. The quantitative estimate of drug-likeness (QED) is 0.943. The minimum Gasteiger partial charge on any atom is -0.383 e. The summed E-state index contributed by atoms with van der Waals surface area (Å²) in [4.78, 5) is 3.35. The molecule has 0 amide bonds. The van der Waals surface area contributed by atoms with Crippen LogP contribution in [0.1, 0.15) is 29.0 Å². The van der Waals surface area contributed by atoms with Crippen molar-refractivity contribution in [2.24, 2.45) is 0 Å². The number of hydrogen-bond donors (Lipinski definition) is 1. The zero-order chi connectivity index (χ0) is 14.0. The van der Waals surface area contributed by atoms with Crippen LogP contribution in [0, 0.1) is 6.92 Å². The first-order valence-electron chi connectivity index (χ1n) is 7.08. The van der Waals surface area contributed by atoms with Gasteiger partial charge in [0.2, 0.25) is 0 Å². The molecular weight excluding hydrogens is 268 g/mol. The van der Waals surface area contributed by atoms with Crippen molar-refractivity contribution in [3.05, 3.63) is 52.5 Å². The van der Waals surface area contributed by atoms with Gasteiger partial charge in [0.05, 0.1) is 10.6 Å². The van der Waals surface area contributed by atoms with Crippen LogP contribution >= 0.6 is 11.5 Å². The Balaban J connectivity index is 1.73. The Labute approximate surface area is 124 Å². The Bertz CT molecular complexity index is 569. The Hall–Kier alpha value is -1.23. The van der Waals surface area contributed by atoms with Crippen molar-refractivity contribution in [1.82, 2.24) is 9.27 Å². The number of aryl methyl sites for hydroxylation is 1. The Morgan fingerprint density at radius 2 is 2.15 bits per heavy atom. The maximum absolute atomic E-state index is 10.9. The Morgan fingerprint density at radius 3 is 2.85 bits per heavy atom. The molecule has 0 saturated carbocycles. The molecule has 1 aliphatic heterocycles. The topological polar surface area (TPSA) is 36.4 Å². The summed E-state index contributed by atoms with van der Waals surface area (Å²) in [5.74, 6) is 0. The SMILES string of the molecule is Cc1cc(C2(O)CCCN(Cc3ccccc3)C2)sn1. The van der Waals surface area contributed by atoms with Gasteiger partial charge in [-0.15, -0.1) is 0 Å². The highest BCUT2D eigenvalue weighted by molar-refractivity contribution is 7.06. The number of benzene rings is 1. The molecule has 3 nitrogen and oxygen atoms in total. The van der Waals surface area contributed by atoms with Gasteiger partial charge in [0.15, 0.2) is 0 Å². The normalized spacial score (nSPS) is 23.9. The van der Waals surface area contributed by atoms with E-state index >= 15 is 0 Å². The standard InChI is InChI=1S/C16H20N2OS/c1-13-10-15(20-17-13)16(19)8-5-9-18(12-16)11-14-6-3-2-4-7-14/h2-4,6-7,10,19H,5,8-9,11-12H2,1H3. The second kappa shape index (κ2) is 5.64. The molecule has 1 unspecified atom stereocenters. The molecule has 2 heterocycles. The van der Waals surface area contributed by atoms with E-state index in [9.17, 15) is 5.11 Å². The third-order valence-electron chi connectivity index (χ3n) is 3.89. The van der Waals surface area contributed by atoms with Crippen LogP contribution < -0.4 is 0 Å². The van der Waals surface area contributed by atoms with E-state index in [1.807, 2.05) is 19.1 Å². The number of rotatable bonds is 3. The highest BCUT2D eigenvalue weighted by atomic mass is 32.1. The van der Waals surface area contributed by atoms with E-state index < -0.39 is 5.60 Å². The van der Waals surface area contributed by atoms with Gasteiger partial charge in [-0.05, 0) is 49.5 Å². The number of aromatic nitrogens is 1. The number of piperidine rings is 1. The van der Waals surface area contributed by atoms with Crippen molar-refractivity contribution in [2.45, 2.75) is 31.9 Å². The van der Waals surface area contributed by atoms with Crippen molar-refractivity contribution in [1.29, 1.82) is 0 Å². The molecule has 0 spiro atoms. The maximum Gasteiger partial charge on any atom is 0.113 e. The molecule has 0 bridgehead atoms. The molecule has 1 aromatic carbocycles. The van der Waals surface area contributed by atoms with Gasteiger partial charge in [-0.25, -0.2) is 0 Å². The first-order chi connectivity index (χ1) is 9.66. The summed E-state index contributed by atoms with van der Waals surface area (Å²) in [5.41, 5.74) is 1.58. The number of aliphatic hydroxyl groups is 1. The predicted octanol–water partition coefficient (Wildman–Crippen LogP) is 2.94. The molecule has 0 aliphatic carbocycles. The van der Waals surface area contributed by atoms with Gasteiger partial charge in [-0.2, -0.15) is 4.37 Å². The molecule has 106 valence electrons. The molecule has 4 heteroatoms. The number of β-amino-alcohol motifs (C(OH)–C–C–N with tert-alkyl or cyclic N) is 1. The molecule has 1 aliphatic rings. The fourth-order valence-corrected chi connectivity index (χ4v) is 3.74. The molecule has 1 fully saturated rings. The zero-order valence-corrected chi connectivity index (χ0v) is 12.6. The van der Waals surface area contributed by atoms with E-state index in [4.69, 9.17) is 0 Å². The smallest absolute Gasteiger partial charge is 0.113 e. The number of likely N-dealkylation sites (tertiary alicyclic amines) is 1. The summed E-state index contributed by atoms with van der Waals surface area (Å²) in [6.45, 7) is 4.63. The molecule has 0 radical (unpaired) electrons. The van der Waals surface area contributed by atoms with Gasteiger partial charge < -0.3 is 5.11 Å². The summed E-state index contributed by atoms with van der Waals surface area (Å²) in [6.07, 6.45) is 1.86. The van der Waals surface area contributed by atoms with E-state index in [-0.39, 0.29) is 0 Å². The third kappa shape index (κ3) is 2.92. The average molecular weight is 288 g/mol. The summed E-state index contributed by atoms with van der Waals surface area (Å²) in [6, 6.07) is 12.5. The number of nitrogens with zero attached hydrogens (tertiary/aromatic N) is 2. The maximum atomic E-state index is 10.9. The fourth-order valence-electron chi connectivity index (χ4n) is 2.88.